The molecule has 0 aliphatic rings. The number of hydrogen-bond donors (Lipinski definition) is 1. The third-order valence-corrected chi connectivity index (χ3v) is 2.80. The second-order valence-electron chi connectivity index (χ2n) is 5.04. The minimum absolute atomic E-state index is 0.0968. The van der Waals surface area contributed by atoms with E-state index in [2.05, 4.69) is 20.8 Å². The summed E-state index contributed by atoms with van der Waals surface area (Å²) in [6.07, 6.45) is 1.52. The first kappa shape index (κ1) is 15.0. The molecular weight excluding hydrogens is 270 g/mol. The monoisotopic (exact) mass is 289 g/mol. The number of rotatable bonds is 6. The number of carbonyl (C=O) groups is 1. The number of tetrazole rings is 1. The van der Waals surface area contributed by atoms with Gasteiger partial charge in [0.1, 0.15) is 18.6 Å². The Balaban J connectivity index is 1.96. The molecule has 0 aliphatic carbocycles. The standard InChI is InChI=1S/C14H19N5O2/c1-10(2)21-13-6-4-5-12(7-13)11(3)16-14(20)8-19-9-15-17-18-19/h4-7,9-11H,8H2,1-3H3,(H,16,20)/t11-/m0/s1. The average molecular weight is 289 g/mol. The molecule has 112 valence electrons. The number of ether oxygens (including phenoxy) is 1. The van der Waals surface area contributed by atoms with Crippen molar-refractivity contribution in [3.8, 4) is 5.75 Å². The van der Waals surface area contributed by atoms with E-state index in [1.54, 1.807) is 0 Å². The number of hydrogen-bond acceptors (Lipinski definition) is 5. The fourth-order valence-corrected chi connectivity index (χ4v) is 1.90. The summed E-state index contributed by atoms with van der Waals surface area (Å²) in [5.74, 6) is 0.647. The lowest BCUT2D eigenvalue weighted by atomic mass is 10.1. The molecule has 0 unspecified atom stereocenters. The predicted molar refractivity (Wildman–Crippen MR) is 76.6 cm³/mol. The fourth-order valence-electron chi connectivity index (χ4n) is 1.90. The maximum absolute atomic E-state index is 11.9. The summed E-state index contributed by atoms with van der Waals surface area (Å²) in [4.78, 5) is 11.9. The molecule has 1 N–H and O–H groups in total. The first-order valence-corrected chi connectivity index (χ1v) is 6.81. The lowest BCUT2D eigenvalue weighted by Gasteiger charge is -2.16. The Morgan fingerprint density at radius 1 is 1.38 bits per heavy atom. The maximum Gasteiger partial charge on any atom is 0.242 e. The molecule has 0 saturated heterocycles. The van der Waals surface area contributed by atoms with Crippen LogP contribution in [0, 0.1) is 0 Å². The highest BCUT2D eigenvalue weighted by atomic mass is 16.5. The Morgan fingerprint density at radius 3 is 2.86 bits per heavy atom. The topological polar surface area (TPSA) is 81.9 Å². The van der Waals surface area contributed by atoms with Crippen LogP contribution in [0.3, 0.4) is 0 Å². The molecular formula is C14H19N5O2. The highest BCUT2D eigenvalue weighted by Crippen LogP contribution is 2.20. The molecule has 1 aromatic heterocycles. The zero-order chi connectivity index (χ0) is 15.2. The van der Waals surface area contributed by atoms with Gasteiger partial charge in [0.05, 0.1) is 12.1 Å². The lowest BCUT2D eigenvalue weighted by molar-refractivity contribution is -0.122. The van der Waals surface area contributed by atoms with Crippen molar-refractivity contribution in [1.29, 1.82) is 0 Å². The largest absolute Gasteiger partial charge is 0.491 e. The van der Waals surface area contributed by atoms with Gasteiger partial charge < -0.3 is 10.1 Å². The van der Waals surface area contributed by atoms with Crippen molar-refractivity contribution in [3.63, 3.8) is 0 Å². The summed E-state index contributed by atoms with van der Waals surface area (Å²) in [6, 6.07) is 7.58. The van der Waals surface area contributed by atoms with Gasteiger partial charge in [0, 0.05) is 0 Å². The minimum Gasteiger partial charge on any atom is -0.491 e. The predicted octanol–water partition coefficient (Wildman–Crippen LogP) is 1.34. The summed E-state index contributed by atoms with van der Waals surface area (Å²) in [7, 11) is 0. The Bertz CT molecular complexity index is 583. The minimum atomic E-state index is -0.148. The Labute approximate surface area is 123 Å². The highest BCUT2D eigenvalue weighted by Gasteiger charge is 2.11. The molecule has 1 atom stereocenters. The Morgan fingerprint density at radius 2 is 2.19 bits per heavy atom. The van der Waals surface area contributed by atoms with Gasteiger partial charge in [-0.25, -0.2) is 4.68 Å². The van der Waals surface area contributed by atoms with Gasteiger partial charge in [-0.1, -0.05) is 12.1 Å². The molecule has 0 saturated carbocycles. The van der Waals surface area contributed by atoms with Crippen LogP contribution in [-0.4, -0.2) is 32.2 Å². The molecule has 1 aromatic carbocycles. The second kappa shape index (κ2) is 6.83. The van der Waals surface area contributed by atoms with Gasteiger partial charge in [-0.15, -0.1) is 5.10 Å². The molecule has 2 rings (SSSR count). The highest BCUT2D eigenvalue weighted by molar-refractivity contribution is 5.76. The number of benzene rings is 1. The van der Waals surface area contributed by atoms with Crippen molar-refractivity contribution in [2.45, 2.75) is 39.5 Å². The van der Waals surface area contributed by atoms with Gasteiger partial charge >= 0.3 is 0 Å². The first-order chi connectivity index (χ1) is 10.0. The van der Waals surface area contributed by atoms with Crippen molar-refractivity contribution in [2.75, 3.05) is 0 Å². The smallest absolute Gasteiger partial charge is 0.242 e. The van der Waals surface area contributed by atoms with E-state index in [0.29, 0.717) is 0 Å². The van der Waals surface area contributed by atoms with E-state index < -0.39 is 0 Å². The van der Waals surface area contributed by atoms with Crippen LogP contribution in [0.2, 0.25) is 0 Å². The van der Waals surface area contributed by atoms with Gasteiger partial charge in [0.25, 0.3) is 0 Å². The van der Waals surface area contributed by atoms with Crippen LogP contribution >= 0.6 is 0 Å². The van der Waals surface area contributed by atoms with Crippen LogP contribution in [0.4, 0.5) is 0 Å². The summed E-state index contributed by atoms with van der Waals surface area (Å²) in [6.45, 7) is 5.97. The number of nitrogens with zero attached hydrogens (tertiary/aromatic N) is 4. The third kappa shape index (κ3) is 4.55. The van der Waals surface area contributed by atoms with Crippen molar-refractivity contribution in [3.05, 3.63) is 36.2 Å². The molecule has 1 amide bonds. The van der Waals surface area contributed by atoms with E-state index in [1.807, 2.05) is 45.0 Å². The van der Waals surface area contributed by atoms with E-state index in [4.69, 9.17) is 4.74 Å². The molecule has 21 heavy (non-hydrogen) atoms. The quantitative estimate of drug-likeness (QED) is 0.867. The molecule has 1 heterocycles. The van der Waals surface area contributed by atoms with Crippen molar-refractivity contribution in [1.82, 2.24) is 25.5 Å². The fraction of sp³-hybridized carbons (Fsp3) is 0.429. The van der Waals surface area contributed by atoms with Gasteiger partial charge in [-0.2, -0.15) is 0 Å². The van der Waals surface area contributed by atoms with E-state index in [1.165, 1.54) is 11.0 Å². The SMILES string of the molecule is CC(C)Oc1cccc([C@H](C)NC(=O)Cn2cnnn2)c1. The normalized spacial score (nSPS) is 12.2. The Hall–Kier alpha value is -2.44. The Kier molecular flexibility index (Phi) is 4.86. The van der Waals surface area contributed by atoms with Crippen LogP contribution in [0.25, 0.3) is 0 Å². The van der Waals surface area contributed by atoms with Gasteiger partial charge in [0.15, 0.2) is 0 Å². The molecule has 0 radical (unpaired) electrons. The number of aromatic nitrogens is 4. The summed E-state index contributed by atoms with van der Waals surface area (Å²) >= 11 is 0. The van der Waals surface area contributed by atoms with Gasteiger partial charge in [-0.05, 0) is 48.9 Å². The van der Waals surface area contributed by atoms with Gasteiger partial charge in [-0.3, -0.25) is 4.79 Å². The van der Waals surface area contributed by atoms with Crippen LogP contribution < -0.4 is 10.1 Å². The average Bonchev–Trinajstić information content (AvgIpc) is 2.90. The molecule has 7 nitrogen and oxygen atoms in total. The first-order valence-electron chi connectivity index (χ1n) is 6.81. The van der Waals surface area contributed by atoms with Gasteiger partial charge in [0.2, 0.25) is 5.91 Å². The number of amides is 1. The van der Waals surface area contributed by atoms with Crippen molar-refractivity contribution >= 4 is 5.91 Å². The molecule has 0 bridgehead atoms. The number of carbonyl (C=O) groups excluding carboxylic acids is 1. The molecule has 0 spiro atoms. The van der Waals surface area contributed by atoms with Crippen molar-refractivity contribution in [2.24, 2.45) is 0 Å². The molecule has 7 heteroatoms. The second-order valence-corrected chi connectivity index (χ2v) is 5.04. The summed E-state index contributed by atoms with van der Waals surface area (Å²) < 4.78 is 7.03. The molecule has 0 fully saturated rings. The lowest BCUT2D eigenvalue weighted by Crippen LogP contribution is -2.30. The number of nitrogens with one attached hydrogen (secondary N) is 1. The van der Waals surface area contributed by atoms with Crippen LogP contribution in [0.5, 0.6) is 5.75 Å². The molecule has 2 aromatic rings. The zero-order valence-electron chi connectivity index (χ0n) is 12.4. The van der Waals surface area contributed by atoms with E-state index in [0.717, 1.165) is 11.3 Å². The van der Waals surface area contributed by atoms with Crippen LogP contribution in [0.15, 0.2) is 30.6 Å². The van der Waals surface area contributed by atoms with Crippen LogP contribution in [0.1, 0.15) is 32.4 Å². The maximum atomic E-state index is 11.9. The zero-order valence-corrected chi connectivity index (χ0v) is 12.4. The van der Waals surface area contributed by atoms with E-state index in [9.17, 15) is 4.79 Å². The molecule has 0 aliphatic heterocycles. The summed E-state index contributed by atoms with van der Waals surface area (Å²) in [5.41, 5.74) is 0.984. The van der Waals surface area contributed by atoms with E-state index >= 15 is 0 Å². The van der Waals surface area contributed by atoms with Crippen LogP contribution in [-0.2, 0) is 11.3 Å². The van der Waals surface area contributed by atoms with E-state index in [-0.39, 0.29) is 24.6 Å². The third-order valence-electron chi connectivity index (χ3n) is 2.80. The van der Waals surface area contributed by atoms with Crippen molar-refractivity contribution < 1.29 is 9.53 Å². The summed E-state index contributed by atoms with van der Waals surface area (Å²) in [5, 5.41) is 13.5.